The second-order valence-corrected chi connectivity index (χ2v) is 7.12. The number of hydrogen-bond donors (Lipinski definition) is 2. The van der Waals surface area contributed by atoms with E-state index in [9.17, 15) is 9.90 Å². The van der Waals surface area contributed by atoms with Crippen LogP contribution in [0, 0.1) is 0 Å². The average molecular weight is 332 g/mol. The summed E-state index contributed by atoms with van der Waals surface area (Å²) in [5.41, 5.74) is 2.58. The fourth-order valence-corrected chi connectivity index (χ4v) is 3.90. The Morgan fingerprint density at radius 1 is 1.38 bits per heavy atom. The monoisotopic (exact) mass is 332 g/mol. The summed E-state index contributed by atoms with van der Waals surface area (Å²) in [6.07, 6.45) is 2.16. The third kappa shape index (κ3) is 3.73. The number of benzene rings is 1. The van der Waals surface area contributed by atoms with Gasteiger partial charge in [0.15, 0.2) is 0 Å². The number of fused-ring (bicyclic) bond motifs is 1. The van der Waals surface area contributed by atoms with Crippen LogP contribution in [0.2, 0.25) is 0 Å². The first-order valence-electron chi connectivity index (χ1n) is 8.98. The lowest BCUT2D eigenvalue weighted by atomic mass is 9.81. The Bertz CT molecular complexity index is 575. The molecule has 1 heterocycles. The molecule has 24 heavy (non-hydrogen) atoms. The Kier molecular flexibility index (Phi) is 5.41. The van der Waals surface area contributed by atoms with Crippen molar-refractivity contribution in [2.24, 2.45) is 0 Å². The van der Waals surface area contributed by atoms with Crippen LogP contribution in [0.5, 0.6) is 0 Å². The lowest BCUT2D eigenvalue weighted by molar-refractivity contribution is -0.00494. The van der Waals surface area contributed by atoms with Crippen molar-refractivity contribution in [3.63, 3.8) is 0 Å². The number of aliphatic hydroxyl groups is 1. The number of rotatable bonds is 3. The summed E-state index contributed by atoms with van der Waals surface area (Å²) in [6.45, 7) is 5.63. The first-order chi connectivity index (χ1) is 11.6. The predicted octanol–water partition coefficient (Wildman–Crippen LogP) is 2.81. The van der Waals surface area contributed by atoms with E-state index >= 15 is 0 Å². The van der Waals surface area contributed by atoms with E-state index in [0.717, 1.165) is 12.8 Å². The minimum atomic E-state index is -0.441. The summed E-state index contributed by atoms with van der Waals surface area (Å²) in [6, 6.07) is 8.38. The van der Waals surface area contributed by atoms with Crippen molar-refractivity contribution in [1.82, 2.24) is 10.2 Å². The van der Waals surface area contributed by atoms with Crippen LogP contribution in [0.15, 0.2) is 24.3 Å². The fraction of sp³-hybridized carbons (Fsp3) is 0.632. The number of carbonyl (C=O) groups excluding carboxylic acids is 1. The molecule has 5 heteroatoms. The van der Waals surface area contributed by atoms with Gasteiger partial charge in [-0.25, -0.2) is 4.79 Å². The number of aliphatic hydroxyl groups excluding tert-OH is 1. The Balaban J connectivity index is 1.71. The van der Waals surface area contributed by atoms with Crippen molar-refractivity contribution in [3.05, 3.63) is 35.4 Å². The SMILES string of the molecule is C[C@H](O)C[C@@H]1COCCN1C(=O)N[C@@H]1CC[C@H](C)c2ccccc21. The zero-order valence-electron chi connectivity index (χ0n) is 14.6. The van der Waals surface area contributed by atoms with E-state index in [1.54, 1.807) is 6.92 Å². The number of nitrogens with zero attached hydrogens (tertiary/aromatic N) is 1. The first kappa shape index (κ1) is 17.2. The number of morpholine rings is 1. The van der Waals surface area contributed by atoms with Crippen LogP contribution in [0.3, 0.4) is 0 Å². The van der Waals surface area contributed by atoms with Crippen molar-refractivity contribution < 1.29 is 14.6 Å². The number of urea groups is 1. The number of carbonyl (C=O) groups is 1. The summed E-state index contributed by atoms with van der Waals surface area (Å²) in [5.74, 6) is 0.542. The van der Waals surface area contributed by atoms with E-state index in [4.69, 9.17) is 4.74 Å². The summed E-state index contributed by atoms with van der Waals surface area (Å²) < 4.78 is 5.49. The molecule has 0 unspecified atom stereocenters. The van der Waals surface area contributed by atoms with Gasteiger partial charge >= 0.3 is 6.03 Å². The molecule has 1 aliphatic carbocycles. The highest BCUT2D eigenvalue weighted by molar-refractivity contribution is 5.75. The van der Waals surface area contributed by atoms with Gasteiger partial charge in [-0.2, -0.15) is 0 Å². The van der Waals surface area contributed by atoms with Gasteiger partial charge in [-0.3, -0.25) is 0 Å². The average Bonchev–Trinajstić information content (AvgIpc) is 2.57. The minimum Gasteiger partial charge on any atom is -0.393 e. The van der Waals surface area contributed by atoms with Crippen molar-refractivity contribution >= 4 is 6.03 Å². The quantitative estimate of drug-likeness (QED) is 0.895. The molecule has 4 atom stereocenters. The predicted molar refractivity (Wildman–Crippen MR) is 93.0 cm³/mol. The van der Waals surface area contributed by atoms with Crippen LogP contribution < -0.4 is 5.32 Å². The van der Waals surface area contributed by atoms with Gasteiger partial charge in [0.25, 0.3) is 0 Å². The van der Waals surface area contributed by atoms with Crippen LogP contribution in [0.25, 0.3) is 0 Å². The Hall–Kier alpha value is -1.59. The lowest BCUT2D eigenvalue weighted by Gasteiger charge is -2.38. The molecule has 1 aromatic carbocycles. The highest BCUT2D eigenvalue weighted by Crippen LogP contribution is 2.37. The Morgan fingerprint density at radius 2 is 2.12 bits per heavy atom. The van der Waals surface area contributed by atoms with Crippen LogP contribution in [0.1, 0.15) is 56.2 Å². The maximum absolute atomic E-state index is 12.8. The molecule has 1 aromatic rings. The number of ether oxygens (including phenoxy) is 1. The fourth-order valence-electron chi connectivity index (χ4n) is 3.90. The largest absolute Gasteiger partial charge is 0.393 e. The molecule has 0 radical (unpaired) electrons. The third-order valence-electron chi connectivity index (χ3n) is 5.19. The van der Waals surface area contributed by atoms with Crippen LogP contribution >= 0.6 is 0 Å². The van der Waals surface area contributed by atoms with E-state index in [0.29, 0.717) is 32.1 Å². The molecule has 0 spiro atoms. The second kappa shape index (κ2) is 7.53. The van der Waals surface area contributed by atoms with Gasteiger partial charge in [0.1, 0.15) is 0 Å². The maximum Gasteiger partial charge on any atom is 0.318 e. The Morgan fingerprint density at radius 3 is 2.88 bits per heavy atom. The molecule has 3 rings (SSSR count). The van der Waals surface area contributed by atoms with E-state index in [1.807, 2.05) is 11.0 Å². The topological polar surface area (TPSA) is 61.8 Å². The Labute approximate surface area is 144 Å². The molecule has 1 aliphatic heterocycles. The molecular weight excluding hydrogens is 304 g/mol. The van der Waals surface area contributed by atoms with E-state index in [2.05, 4.69) is 30.4 Å². The molecule has 2 aliphatic rings. The van der Waals surface area contributed by atoms with Crippen molar-refractivity contribution in [1.29, 1.82) is 0 Å². The normalized spacial score (nSPS) is 28.1. The van der Waals surface area contributed by atoms with Crippen molar-refractivity contribution in [2.45, 2.75) is 57.2 Å². The molecule has 1 saturated heterocycles. The summed E-state index contributed by atoms with van der Waals surface area (Å²) >= 11 is 0. The smallest absolute Gasteiger partial charge is 0.318 e. The molecule has 1 fully saturated rings. The van der Waals surface area contributed by atoms with Gasteiger partial charge in [0, 0.05) is 6.54 Å². The maximum atomic E-state index is 12.8. The first-order valence-corrected chi connectivity index (χ1v) is 8.98. The number of hydrogen-bond acceptors (Lipinski definition) is 3. The number of amides is 2. The van der Waals surface area contributed by atoms with Crippen LogP contribution in [0.4, 0.5) is 4.79 Å². The molecular formula is C19H28N2O3. The lowest BCUT2D eigenvalue weighted by Crippen LogP contribution is -2.54. The van der Waals surface area contributed by atoms with Crippen LogP contribution in [-0.4, -0.2) is 47.9 Å². The van der Waals surface area contributed by atoms with Gasteiger partial charge in [0.05, 0.1) is 31.4 Å². The van der Waals surface area contributed by atoms with Gasteiger partial charge in [-0.1, -0.05) is 31.2 Å². The zero-order valence-corrected chi connectivity index (χ0v) is 14.6. The van der Waals surface area contributed by atoms with Gasteiger partial charge in [0.2, 0.25) is 0 Å². The molecule has 0 bridgehead atoms. The van der Waals surface area contributed by atoms with E-state index in [-0.39, 0.29) is 18.1 Å². The molecule has 2 N–H and O–H groups in total. The molecule has 5 nitrogen and oxygen atoms in total. The molecule has 132 valence electrons. The third-order valence-corrected chi connectivity index (χ3v) is 5.19. The van der Waals surface area contributed by atoms with Crippen LogP contribution in [-0.2, 0) is 4.74 Å². The van der Waals surface area contributed by atoms with Gasteiger partial charge < -0.3 is 20.1 Å². The number of nitrogens with one attached hydrogen (secondary N) is 1. The zero-order chi connectivity index (χ0) is 17.1. The second-order valence-electron chi connectivity index (χ2n) is 7.12. The summed E-state index contributed by atoms with van der Waals surface area (Å²) in [5, 5.41) is 12.9. The van der Waals surface area contributed by atoms with E-state index < -0.39 is 6.10 Å². The standard InChI is InChI=1S/C19H28N2O3/c1-13-7-8-18(17-6-4-3-5-16(13)17)20-19(23)21-9-10-24-12-15(21)11-14(2)22/h3-6,13-15,18,22H,7-12H2,1-2H3,(H,20,23)/t13-,14-,15+,18+/m0/s1. The van der Waals surface area contributed by atoms with Crippen molar-refractivity contribution in [3.8, 4) is 0 Å². The summed E-state index contributed by atoms with van der Waals surface area (Å²) in [4.78, 5) is 14.7. The molecule has 0 aromatic heterocycles. The van der Waals surface area contributed by atoms with Crippen molar-refractivity contribution in [2.75, 3.05) is 19.8 Å². The summed E-state index contributed by atoms with van der Waals surface area (Å²) in [7, 11) is 0. The van der Waals surface area contributed by atoms with Gasteiger partial charge in [-0.05, 0) is 43.2 Å². The highest BCUT2D eigenvalue weighted by atomic mass is 16.5. The molecule has 0 saturated carbocycles. The van der Waals surface area contributed by atoms with E-state index in [1.165, 1.54) is 11.1 Å². The highest BCUT2D eigenvalue weighted by Gasteiger charge is 2.31. The van der Waals surface area contributed by atoms with Gasteiger partial charge in [-0.15, -0.1) is 0 Å². The minimum absolute atomic E-state index is 0.0432. The molecule has 2 amide bonds.